The zero-order chi connectivity index (χ0) is 16.1. The summed E-state index contributed by atoms with van der Waals surface area (Å²) < 4.78 is 53.0. The van der Waals surface area contributed by atoms with Gasteiger partial charge in [-0.05, 0) is 38.8 Å². The molecule has 0 aromatic heterocycles. The van der Waals surface area contributed by atoms with Crippen LogP contribution in [0.2, 0.25) is 0 Å². The summed E-state index contributed by atoms with van der Waals surface area (Å²) in [5.74, 6) is -1.33. The highest BCUT2D eigenvalue weighted by atomic mass is 19.4. The van der Waals surface area contributed by atoms with Gasteiger partial charge in [0.25, 0.3) is 0 Å². The number of fused-ring (bicyclic) bond motifs is 2. The Morgan fingerprint density at radius 3 is 2.32 bits per heavy atom. The van der Waals surface area contributed by atoms with Crippen LogP contribution in [0.3, 0.4) is 0 Å². The molecule has 0 aliphatic carbocycles. The minimum atomic E-state index is -4.75. The van der Waals surface area contributed by atoms with E-state index in [2.05, 4.69) is 4.90 Å². The number of hydrogen-bond acceptors (Lipinski definition) is 2. The number of nitrogens with zero attached hydrogens (tertiary/aromatic N) is 1. The van der Waals surface area contributed by atoms with Gasteiger partial charge in [-0.15, -0.1) is 0 Å². The number of piperidine rings is 2. The Bertz CT molecular complexity index is 558. The summed E-state index contributed by atoms with van der Waals surface area (Å²) in [6.07, 6.45) is -1.39. The van der Waals surface area contributed by atoms with Crippen molar-refractivity contribution >= 4 is 0 Å². The van der Waals surface area contributed by atoms with E-state index in [4.69, 9.17) is 0 Å². The van der Waals surface area contributed by atoms with Gasteiger partial charge in [-0.25, -0.2) is 4.39 Å². The first-order valence-electron chi connectivity index (χ1n) is 7.53. The minimum absolute atomic E-state index is 0.0893. The molecule has 1 N–H and O–H groups in total. The van der Waals surface area contributed by atoms with E-state index in [0.29, 0.717) is 0 Å². The molecule has 2 saturated heterocycles. The molecule has 2 nitrogen and oxygen atoms in total. The molecule has 2 atom stereocenters. The lowest BCUT2D eigenvalue weighted by Gasteiger charge is -2.50. The van der Waals surface area contributed by atoms with Crippen molar-refractivity contribution in [1.29, 1.82) is 0 Å². The molecule has 2 bridgehead atoms. The van der Waals surface area contributed by atoms with Gasteiger partial charge < -0.3 is 10.0 Å². The van der Waals surface area contributed by atoms with Crippen LogP contribution >= 0.6 is 0 Å². The number of alkyl halides is 3. The molecular weight excluding hydrogens is 298 g/mol. The quantitative estimate of drug-likeness (QED) is 0.799. The molecule has 0 amide bonds. The van der Waals surface area contributed by atoms with Crippen LogP contribution in [0.25, 0.3) is 0 Å². The van der Waals surface area contributed by atoms with E-state index < -0.39 is 23.2 Å². The summed E-state index contributed by atoms with van der Waals surface area (Å²) >= 11 is 0. The predicted molar refractivity (Wildman–Crippen MR) is 73.7 cm³/mol. The standard InChI is InChI=1S/C16H19F4NO/c1-21-10-4-2-5-11(21)9-15(22,8-10)12-6-3-7-13(14(12)17)16(18,19)20/h3,6-7,10-11,22H,2,4-5,8-9H2,1H3. The average molecular weight is 317 g/mol. The van der Waals surface area contributed by atoms with Gasteiger partial charge in [0.1, 0.15) is 5.82 Å². The monoisotopic (exact) mass is 317 g/mol. The maximum Gasteiger partial charge on any atom is 0.419 e. The largest absolute Gasteiger partial charge is 0.419 e. The lowest BCUT2D eigenvalue weighted by atomic mass is 9.72. The zero-order valence-corrected chi connectivity index (χ0v) is 12.3. The summed E-state index contributed by atoms with van der Waals surface area (Å²) in [6, 6.07) is 3.36. The number of aliphatic hydroxyl groups is 1. The van der Waals surface area contributed by atoms with E-state index in [0.717, 1.165) is 25.3 Å². The van der Waals surface area contributed by atoms with Crippen molar-refractivity contribution in [1.82, 2.24) is 4.90 Å². The molecule has 2 aliphatic heterocycles. The number of benzene rings is 1. The summed E-state index contributed by atoms with van der Waals surface area (Å²) in [5, 5.41) is 10.9. The second-order valence-electron chi connectivity index (χ2n) is 6.51. The van der Waals surface area contributed by atoms with E-state index in [1.54, 1.807) is 0 Å². The number of halogens is 4. The third-order valence-corrected chi connectivity index (χ3v) is 5.18. The van der Waals surface area contributed by atoms with E-state index in [9.17, 15) is 22.7 Å². The van der Waals surface area contributed by atoms with Crippen molar-refractivity contribution in [3.63, 3.8) is 0 Å². The highest BCUT2D eigenvalue weighted by molar-refractivity contribution is 5.33. The molecule has 22 heavy (non-hydrogen) atoms. The molecule has 0 spiro atoms. The first-order chi connectivity index (χ1) is 10.2. The Kier molecular flexibility index (Phi) is 3.72. The van der Waals surface area contributed by atoms with Crippen LogP contribution in [0.4, 0.5) is 17.6 Å². The summed E-state index contributed by atoms with van der Waals surface area (Å²) in [4.78, 5) is 2.17. The van der Waals surface area contributed by atoms with Crippen molar-refractivity contribution in [2.75, 3.05) is 7.05 Å². The predicted octanol–water partition coefficient (Wildman–Crippen LogP) is 3.68. The van der Waals surface area contributed by atoms with Gasteiger partial charge in [0.15, 0.2) is 0 Å². The van der Waals surface area contributed by atoms with Gasteiger partial charge in [0.2, 0.25) is 0 Å². The Labute approximate surface area is 126 Å². The fourth-order valence-electron chi connectivity index (χ4n) is 3.98. The van der Waals surface area contributed by atoms with Crippen LogP contribution in [0, 0.1) is 5.82 Å². The lowest BCUT2D eigenvalue weighted by Crippen LogP contribution is -2.55. The summed E-state index contributed by atoms with van der Waals surface area (Å²) in [5.41, 5.74) is -3.04. The van der Waals surface area contributed by atoms with Crippen molar-refractivity contribution in [2.24, 2.45) is 0 Å². The first-order valence-corrected chi connectivity index (χ1v) is 7.53. The highest BCUT2D eigenvalue weighted by Gasteiger charge is 2.47. The van der Waals surface area contributed by atoms with Crippen LogP contribution < -0.4 is 0 Å². The van der Waals surface area contributed by atoms with Gasteiger partial charge in [0, 0.05) is 17.6 Å². The van der Waals surface area contributed by atoms with Crippen LogP contribution in [-0.2, 0) is 11.8 Å². The maximum atomic E-state index is 14.4. The third kappa shape index (κ3) is 2.52. The molecule has 122 valence electrons. The molecule has 2 fully saturated rings. The van der Waals surface area contributed by atoms with Crippen molar-refractivity contribution < 1.29 is 22.7 Å². The van der Waals surface area contributed by atoms with Crippen molar-refractivity contribution in [2.45, 2.75) is 56.0 Å². The molecule has 2 aliphatic rings. The number of rotatable bonds is 1. The Hall–Kier alpha value is -1.14. The van der Waals surface area contributed by atoms with Crippen molar-refractivity contribution in [3.8, 4) is 0 Å². The SMILES string of the molecule is CN1C2CCCC1CC(O)(c1cccc(C(F)(F)F)c1F)C2. The van der Waals surface area contributed by atoms with E-state index in [1.807, 2.05) is 7.05 Å². The van der Waals surface area contributed by atoms with E-state index in [1.165, 1.54) is 12.1 Å². The van der Waals surface area contributed by atoms with Crippen LogP contribution in [0.15, 0.2) is 18.2 Å². The molecular formula is C16H19F4NO. The molecule has 1 aromatic carbocycles. The fraction of sp³-hybridized carbons (Fsp3) is 0.625. The molecule has 6 heteroatoms. The maximum absolute atomic E-state index is 14.4. The molecule has 3 rings (SSSR count). The first kappa shape index (κ1) is 15.7. The van der Waals surface area contributed by atoms with Gasteiger partial charge >= 0.3 is 6.18 Å². The second-order valence-corrected chi connectivity index (χ2v) is 6.51. The Balaban J connectivity index is 2.00. The smallest absolute Gasteiger partial charge is 0.385 e. The summed E-state index contributed by atoms with van der Waals surface area (Å²) in [6.45, 7) is 0. The topological polar surface area (TPSA) is 23.5 Å². The Morgan fingerprint density at radius 1 is 1.18 bits per heavy atom. The average Bonchev–Trinajstić information content (AvgIpc) is 2.39. The van der Waals surface area contributed by atoms with Gasteiger partial charge in [0.05, 0.1) is 11.2 Å². The molecule has 2 unspecified atom stereocenters. The number of hydrogen-bond donors (Lipinski definition) is 1. The third-order valence-electron chi connectivity index (χ3n) is 5.18. The van der Waals surface area contributed by atoms with Crippen LogP contribution in [-0.4, -0.2) is 29.1 Å². The van der Waals surface area contributed by atoms with Gasteiger partial charge in [-0.1, -0.05) is 18.6 Å². The molecule has 0 saturated carbocycles. The van der Waals surface area contributed by atoms with Gasteiger partial charge in [-0.2, -0.15) is 13.2 Å². The second kappa shape index (κ2) is 5.20. The summed E-state index contributed by atoms with van der Waals surface area (Å²) in [7, 11) is 1.97. The fourth-order valence-corrected chi connectivity index (χ4v) is 3.98. The van der Waals surface area contributed by atoms with Crippen molar-refractivity contribution in [3.05, 3.63) is 35.1 Å². The molecule has 1 aromatic rings. The van der Waals surface area contributed by atoms with E-state index >= 15 is 0 Å². The minimum Gasteiger partial charge on any atom is -0.385 e. The van der Waals surface area contributed by atoms with Gasteiger partial charge in [-0.3, -0.25) is 0 Å². The van der Waals surface area contributed by atoms with E-state index in [-0.39, 0.29) is 30.5 Å². The highest BCUT2D eigenvalue weighted by Crippen LogP contribution is 2.45. The Morgan fingerprint density at radius 2 is 1.77 bits per heavy atom. The molecule has 0 radical (unpaired) electrons. The normalized spacial score (nSPS) is 33.0. The van der Waals surface area contributed by atoms with Crippen LogP contribution in [0.5, 0.6) is 0 Å². The lowest BCUT2D eigenvalue weighted by molar-refractivity contribution is -0.140. The zero-order valence-electron chi connectivity index (χ0n) is 12.3. The van der Waals surface area contributed by atoms with Crippen LogP contribution in [0.1, 0.15) is 43.2 Å². The molecule has 2 heterocycles.